The van der Waals surface area contributed by atoms with Gasteiger partial charge in [0.25, 0.3) is 0 Å². The first-order valence-electron chi connectivity index (χ1n) is 5.70. The van der Waals surface area contributed by atoms with Crippen LogP contribution in [-0.2, 0) is 12.8 Å². The Morgan fingerprint density at radius 1 is 1.05 bits per heavy atom. The number of rotatable bonds is 3. The molecule has 2 aromatic rings. The molecule has 0 fully saturated rings. The van der Waals surface area contributed by atoms with Gasteiger partial charge in [-0.25, -0.2) is 4.39 Å². The van der Waals surface area contributed by atoms with Crippen LogP contribution in [0.4, 0.5) is 23.2 Å². The van der Waals surface area contributed by atoms with Crippen LogP contribution < -0.4 is 10.5 Å². The lowest BCUT2D eigenvalue weighted by molar-refractivity contribution is -0.140. The van der Waals surface area contributed by atoms with Crippen molar-refractivity contribution in [2.75, 3.05) is 5.73 Å². The molecule has 2 N–H and O–H groups in total. The van der Waals surface area contributed by atoms with E-state index in [1.165, 1.54) is 6.07 Å². The van der Waals surface area contributed by atoms with Gasteiger partial charge in [-0.1, -0.05) is 12.1 Å². The van der Waals surface area contributed by atoms with E-state index in [1.807, 2.05) is 0 Å². The Hall–Kier alpha value is -2.24. The molecule has 2 rings (SSSR count). The molecule has 6 heteroatoms. The van der Waals surface area contributed by atoms with E-state index in [9.17, 15) is 17.6 Å². The Balaban J connectivity index is 2.14. The monoisotopic (exact) mass is 285 g/mol. The summed E-state index contributed by atoms with van der Waals surface area (Å²) in [6.45, 7) is -0.104. The van der Waals surface area contributed by atoms with Crippen molar-refractivity contribution in [2.24, 2.45) is 0 Å². The molecular formula is C14H11F4NO. The molecule has 0 saturated carbocycles. The summed E-state index contributed by atoms with van der Waals surface area (Å²) < 4.78 is 56.1. The molecule has 0 aromatic heterocycles. The van der Waals surface area contributed by atoms with Gasteiger partial charge in [0, 0.05) is 11.8 Å². The van der Waals surface area contributed by atoms with Crippen LogP contribution in [0.5, 0.6) is 5.75 Å². The highest BCUT2D eigenvalue weighted by Crippen LogP contribution is 2.32. The van der Waals surface area contributed by atoms with E-state index in [0.29, 0.717) is 11.4 Å². The van der Waals surface area contributed by atoms with Crippen molar-refractivity contribution in [1.82, 2.24) is 0 Å². The molecule has 2 nitrogen and oxygen atoms in total. The number of nitrogens with two attached hydrogens (primary N) is 1. The zero-order valence-electron chi connectivity index (χ0n) is 10.2. The molecule has 0 aliphatic carbocycles. The van der Waals surface area contributed by atoms with Crippen molar-refractivity contribution >= 4 is 5.69 Å². The number of benzene rings is 2. The number of alkyl halides is 3. The van der Waals surface area contributed by atoms with Gasteiger partial charge in [0.15, 0.2) is 0 Å². The maximum atomic E-state index is 13.1. The van der Waals surface area contributed by atoms with Crippen molar-refractivity contribution in [2.45, 2.75) is 12.8 Å². The summed E-state index contributed by atoms with van der Waals surface area (Å²) in [5.41, 5.74) is 4.96. The van der Waals surface area contributed by atoms with Gasteiger partial charge in [-0.15, -0.1) is 0 Å². The van der Waals surface area contributed by atoms with Crippen LogP contribution in [0.25, 0.3) is 0 Å². The largest absolute Gasteiger partial charge is 0.489 e. The standard InChI is InChI=1S/C14H11F4NO/c15-13-5-4-9(6-12(13)14(16,17)18)8-20-11-3-1-2-10(19)7-11/h1-7H,8,19H2. The average molecular weight is 285 g/mol. The second-order valence-electron chi connectivity index (χ2n) is 4.17. The first-order chi connectivity index (χ1) is 9.36. The lowest BCUT2D eigenvalue weighted by Crippen LogP contribution is -2.09. The smallest absolute Gasteiger partial charge is 0.419 e. The molecule has 20 heavy (non-hydrogen) atoms. The zero-order chi connectivity index (χ0) is 14.8. The third-order valence-electron chi connectivity index (χ3n) is 2.60. The minimum absolute atomic E-state index is 0.104. The highest BCUT2D eigenvalue weighted by Gasteiger charge is 2.34. The van der Waals surface area contributed by atoms with Gasteiger partial charge in [-0.3, -0.25) is 0 Å². The van der Waals surface area contributed by atoms with E-state index >= 15 is 0 Å². The maximum Gasteiger partial charge on any atom is 0.419 e. The summed E-state index contributed by atoms with van der Waals surface area (Å²) in [7, 11) is 0. The number of nitrogen functional groups attached to an aromatic ring is 1. The molecule has 0 saturated heterocycles. The Morgan fingerprint density at radius 3 is 2.45 bits per heavy atom. The number of anilines is 1. The molecule has 0 aliphatic heterocycles. The van der Waals surface area contributed by atoms with Crippen LogP contribution in [0.1, 0.15) is 11.1 Å². The second kappa shape index (κ2) is 5.40. The van der Waals surface area contributed by atoms with Crippen molar-refractivity contribution in [3.63, 3.8) is 0 Å². The Kier molecular flexibility index (Phi) is 3.83. The number of ether oxygens (including phenoxy) is 1. The Bertz CT molecular complexity index is 610. The first-order valence-corrected chi connectivity index (χ1v) is 5.70. The molecule has 0 aliphatic rings. The van der Waals surface area contributed by atoms with Crippen LogP contribution >= 0.6 is 0 Å². The minimum atomic E-state index is -4.72. The molecule has 0 atom stereocenters. The van der Waals surface area contributed by atoms with Crippen LogP contribution in [0.2, 0.25) is 0 Å². The van der Waals surface area contributed by atoms with E-state index in [1.54, 1.807) is 24.3 Å². The van der Waals surface area contributed by atoms with Gasteiger partial charge in [-0.2, -0.15) is 13.2 Å². The summed E-state index contributed by atoms with van der Waals surface area (Å²) in [5.74, 6) is -0.868. The molecular weight excluding hydrogens is 274 g/mol. The van der Waals surface area contributed by atoms with Crippen molar-refractivity contribution in [3.05, 3.63) is 59.4 Å². The molecule has 0 amide bonds. The van der Waals surface area contributed by atoms with Gasteiger partial charge < -0.3 is 10.5 Å². The predicted octanol–water partition coefficient (Wildman–Crippen LogP) is 4.01. The zero-order valence-corrected chi connectivity index (χ0v) is 10.2. The van der Waals surface area contributed by atoms with E-state index in [0.717, 1.165) is 12.1 Å². The minimum Gasteiger partial charge on any atom is -0.489 e. The Labute approximate surface area is 112 Å². The third-order valence-corrected chi connectivity index (χ3v) is 2.60. The second-order valence-corrected chi connectivity index (χ2v) is 4.17. The van der Waals surface area contributed by atoms with Gasteiger partial charge in [0.1, 0.15) is 18.2 Å². The lowest BCUT2D eigenvalue weighted by Gasteiger charge is -2.11. The fraction of sp³-hybridized carbons (Fsp3) is 0.143. The molecule has 0 unspecified atom stereocenters. The molecule has 0 spiro atoms. The average Bonchev–Trinajstić information content (AvgIpc) is 2.36. The van der Waals surface area contributed by atoms with Gasteiger partial charge in [-0.05, 0) is 29.8 Å². The molecule has 2 aromatic carbocycles. The SMILES string of the molecule is Nc1cccc(OCc2ccc(F)c(C(F)(F)F)c2)c1. The topological polar surface area (TPSA) is 35.2 Å². The van der Waals surface area contributed by atoms with Crippen LogP contribution in [0.3, 0.4) is 0 Å². The number of hydrogen-bond donors (Lipinski definition) is 1. The van der Waals surface area contributed by atoms with E-state index in [2.05, 4.69) is 0 Å². The molecule has 0 radical (unpaired) electrons. The van der Waals surface area contributed by atoms with E-state index in [-0.39, 0.29) is 12.2 Å². The van der Waals surface area contributed by atoms with Crippen molar-refractivity contribution in [3.8, 4) is 5.75 Å². The fourth-order valence-electron chi connectivity index (χ4n) is 1.65. The lowest BCUT2D eigenvalue weighted by atomic mass is 10.1. The summed E-state index contributed by atoms with van der Waals surface area (Å²) in [6, 6.07) is 9.26. The summed E-state index contributed by atoms with van der Waals surface area (Å²) in [5, 5.41) is 0. The van der Waals surface area contributed by atoms with Gasteiger partial charge in [0.05, 0.1) is 5.56 Å². The van der Waals surface area contributed by atoms with Crippen LogP contribution in [0, 0.1) is 5.82 Å². The summed E-state index contributed by atoms with van der Waals surface area (Å²) >= 11 is 0. The summed E-state index contributed by atoms with van der Waals surface area (Å²) in [6.07, 6.45) is -4.72. The summed E-state index contributed by atoms with van der Waals surface area (Å²) in [4.78, 5) is 0. The Morgan fingerprint density at radius 2 is 1.80 bits per heavy atom. The van der Waals surface area contributed by atoms with Crippen molar-refractivity contribution in [1.29, 1.82) is 0 Å². The maximum absolute atomic E-state index is 13.1. The van der Waals surface area contributed by atoms with Gasteiger partial charge >= 0.3 is 6.18 Å². The number of hydrogen-bond acceptors (Lipinski definition) is 2. The van der Waals surface area contributed by atoms with E-state index < -0.39 is 17.6 Å². The van der Waals surface area contributed by atoms with E-state index in [4.69, 9.17) is 10.5 Å². The highest BCUT2D eigenvalue weighted by molar-refractivity contribution is 5.43. The third kappa shape index (κ3) is 3.40. The van der Waals surface area contributed by atoms with Gasteiger partial charge in [0.2, 0.25) is 0 Å². The predicted molar refractivity (Wildman–Crippen MR) is 66.6 cm³/mol. The molecule has 0 heterocycles. The quantitative estimate of drug-likeness (QED) is 0.683. The molecule has 106 valence electrons. The van der Waals surface area contributed by atoms with Crippen molar-refractivity contribution < 1.29 is 22.3 Å². The first kappa shape index (κ1) is 14.2. The highest BCUT2D eigenvalue weighted by atomic mass is 19.4. The van der Waals surface area contributed by atoms with Crippen LogP contribution in [0.15, 0.2) is 42.5 Å². The number of halogens is 4. The molecule has 0 bridgehead atoms. The normalized spacial score (nSPS) is 11.4. The van der Waals surface area contributed by atoms with Crippen LogP contribution in [-0.4, -0.2) is 0 Å². The fourth-order valence-corrected chi connectivity index (χ4v) is 1.65.